The maximum atomic E-state index is 12.3. The van der Waals surface area contributed by atoms with Gasteiger partial charge >= 0.3 is 0 Å². The summed E-state index contributed by atoms with van der Waals surface area (Å²) in [5, 5.41) is 6.09. The standard InChI is InChI=1S/C18H21N3O3/c1-23-17-7-3-2-6-15(17)21-18(22)16-9-8-13(11-20-16)19-12-14-5-4-10-24-14/h2-3,6-9,11,14,19H,4-5,10,12H2,1H3,(H,21,22). The summed E-state index contributed by atoms with van der Waals surface area (Å²) in [5.41, 5.74) is 1.84. The lowest BCUT2D eigenvalue weighted by Gasteiger charge is -2.12. The topological polar surface area (TPSA) is 72.5 Å². The van der Waals surface area contributed by atoms with E-state index in [1.807, 2.05) is 18.2 Å². The number of anilines is 2. The number of pyridine rings is 1. The SMILES string of the molecule is COc1ccccc1NC(=O)c1ccc(NCC2CCCO2)cn1. The van der Waals surface area contributed by atoms with E-state index in [-0.39, 0.29) is 12.0 Å². The number of nitrogens with one attached hydrogen (secondary N) is 2. The number of benzene rings is 1. The monoisotopic (exact) mass is 327 g/mol. The van der Waals surface area contributed by atoms with Crippen LogP contribution in [0.5, 0.6) is 5.75 Å². The van der Waals surface area contributed by atoms with E-state index in [1.165, 1.54) is 0 Å². The van der Waals surface area contributed by atoms with Crippen molar-refractivity contribution in [2.75, 3.05) is 30.9 Å². The predicted octanol–water partition coefficient (Wildman–Crippen LogP) is 2.93. The van der Waals surface area contributed by atoms with Crippen LogP contribution in [0.15, 0.2) is 42.6 Å². The van der Waals surface area contributed by atoms with Crippen molar-refractivity contribution in [3.63, 3.8) is 0 Å². The highest BCUT2D eigenvalue weighted by molar-refractivity contribution is 6.03. The molecule has 1 aromatic carbocycles. The van der Waals surface area contributed by atoms with Gasteiger partial charge in [0.05, 0.1) is 30.8 Å². The molecule has 0 spiro atoms. The summed E-state index contributed by atoms with van der Waals surface area (Å²) in [6, 6.07) is 10.8. The van der Waals surface area contributed by atoms with E-state index in [0.717, 1.165) is 31.7 Å². The highest BCUT2D eigenvalue weighted by atomic mass is 16.5. The smallest absolute Gasteiger partial charge is 0.274 e. The lowest BCUT2D eigenvalue weighted by Crippen LogP contribution is -2.19. The Labute approximate surface area is 141 Å². The summed E-state index contributed by atoms with van der Waals surface area (Å²) in [6.45, 7) is 1.60. The first-order valence-electron chi connectivity index (χ1n) is 8.02. The first kappa shape index (κ1) is 16.3. The number of rotatable bonds is 6. The molecule has 1 aliphatic heterocycles. The largest absolute Gasteiger partial charge is 0.495 e. The summed E-state index contributed by atoms with van der Waals surface area (Å²) in [4.78, 5) is 16.5. The van der Waals surface area contributed by atoms with E-state index in [4.69, 9.17) is 9.47 Å². The van der Waals surface area contributed by atoms with Gasteiger partial charge in [-0.25, -0.2) is 4.98 Å². The molecule has 24 heavy (non-hydrogen) atoms. The Balaban J connectivity index is 1.59. The lowest BCUT2D eigenvalue weighted by atomic mass is 10.2. The van der Waals surface area contributed by atoms with Crippen LogP contribution in [0.4, 0.5) is 11.4 Å². The molecule has 0 aliphatic carbocycles. The van der Waals surface area contributed by atoms with Crippen molar-refractivity contribution in [1.82, 2.24) is 4.98 Å². The number of methoxy groups -OCH3 is 1. The number of amides is 1. The summed E-state index contributed by atoms with van der Waals surface area (Å²) in [5.74, 6) is 0.339. The van der Waals surface area contributed by atoms with Gasteiger partial charge in [-0.05, 0) is 37.1 Å². The van der Waals surface area contributed by atoms with Gasteiger partial charge in [0.1, 0.15) is 11.4 Å². The molecule has 1 aliphatic rings. The fourth-order valence-electron chi connectivity index (χ4n) is 2.60. The molecule has 0 bridgehead atoms. The van der Waals surface area contributed by atoms with Crippen LogP contribution in [0.25, 0.3) is 0 Å². The number of nitrogens with zero attached hydrogens (tertiary/aromatic N) is 1. The molecular weight excluding hydrogens is 306 g/mol. The minimum atomic E-state index is -0.273. The van der Waals surface area contributed by atoms with Crippen molar-refractivity contribution in [2.24, 2.45) is 0 Å². The van der Waals surface area contributed by atoms with Crippen LogP contribution < -0.4 is 15.4 Å². The molecule has 3 rings (SSSR count). The Morgan fingerprint density at radius 2 is 2.21 bits per heavy atom. The summed E-state index contributed by atoms with van der Waals surface area (Å²) in [7, 11) is 1.57. The molecule has 2 aromatic rings. The van der Waals surface area contributed by atoms with Gasteiger partial charge in [0, 0.05) is 13.2 Å². The maximum absolute atomic E-state index is 12.3. The maximum Gasteiger partial charge on any atom is 0.274 e. The third kappa shape index (κ3) is 4.02. The van der Waals surface area contributed by atoms with Crippen LogP contribution in [-0.4, -0.2) is 37.3 Å². The van der Waals surface area contributed by atoms with Crippen molar-refractivity contribution >= 4 is 17.3 Å². The van der Waals surface area contributed by atoms with Gasteiger partial charge in [-0.15, -0.1) is 0 Å². The third-order valence-corrected chi connectivity index (χ3v) is 3.91. The van der Waals surface area contributed by atoms with Gasteiger partial charge in [0.25, 0.3) is 5.91 Å². The third-order valence-electron chi connectivity index (χ3n) is 3.91. The number of ether oxygens (including phenoxy) is 2. The first-order valence-corrected chi connectivity index (χ1v) is 8.02. The Bertz CT molecular complexity index is 682. The molecular formula is C18H21N3O3. The molecule has 6 heteroatoms. The average molecular weight is 327 g/mol. The van der Waals surface area contributed by atoms with Gasteiger partial charge in [0.2, 0.25) is 0 Å². The van der Waals surface area contributed by atoms with E-state index < -0.39 is 0 Å². The number of carbonyl (C=O) groups is 1. The molecule has 6 nitrogen and oxygen atoms in total. The van der Waals surface area contributed by atoms with E-state index in [9.17, 15) is 4.79 Å². The molecule has 2 N–H and O–H groups in total. The first-order chi connectivity index (χ1) is 11.8. The zero-order valence-corrected chi connectivity index (χ0v) is 13.6. The lowest BCUT2D eigenvalue weighted by molar-refractivity contribution is 0.102. The highest BCUT2D eigenvalue weighted by Gasteiger charge is 2.15. The summed E-state index contributed by atoms with van der Waals surface area (Å²) < 4.78 is 10.8. The van der Waals surface area contributed by atoms with Crippen molar-refractivity contribution in [3.05, 3.63) is 48.3 Å². The van der Waals surface area contributed by atoms with Crippen LogP contribution in [0.3, 0.4) is 0 Å². The van der Waals surface area contributed by atoms with E-state index in [1.54, 1.807) is 31.5 Å². The Morgan fingerprint density at radius 1 is 1.33 bits per heavy atom. The second-order valence-electron chi connectivity index (χ2n) is 5.60. The van der Waals surface area contributed by atoms with Gasteiger partial charge in [0.15, 0.2) is 0 Å². The minimum absolute atomic E-state index is 0.263. The number of carbonyl (C=O) groups excluding carboxylic acids is 1. The summed E-state index contributed by atoms with van der Waals surface area (Å²) in [6.07, 6.45) is 4.12. The normalized spacial score (nSPS) is 16.6. The molecule has 1 aromatic heterocycles. The van der Waals surface area contributed by atoms with Crippen LogP contribution in [-0.2, 0) is 4.74 Å². The van der Waals surface area contributed by atoms with Gasteiger partial charge < -0.3 is 20.1 Å². The van der Waals surface area contributed by atoms with Crippen LogP contribution in [0.1, 0.15) is 23.3 Å². The van der Waals surface area contributed by atoms with Crippen molar-refractivity contribution in [1.29, 1.82) is 0 Å². The fourth-order valence-corrected chi connectivity index (χ4v) is 2.60. The minimum Gasteiger partial charge on any atom is -0.495 e. The van der Waals surface area contributed by atoms with Gasteiger partial charge in [-0.2, -0.15) is 0 Å². The Kier molecular flexibility index (Phi) is 5.28. The molecule has 0 saturated carbocycles. The zero-order valence-electron chi connectivity index (χ0n) is 13.6. The molecule has 0 radical (unpaired) electrons. The van der Waals surface area contributed by atoms with E-state index >= 15 is 0 Å². The summed E-state index contributed by atoms with van der Waals surface area (Å²) >= 11 is 0. The highest BCUT2D eigenvalue weighted by Crippen LogP contribution is 2.23. The second kappa shape index (κ2) is 7.79. The number of para-hydroxylation sites is 2. The number of hydrogen-bond acceptors (Lipinski definition) is 5. The second-order valence-corrected chi connectivity index (χ2v) is 5.60. The molecule has 1 amide bonds. The van der Waals surface area contributed by atoms with Crippen molar-refractivity contribution in [3.8, 4) is 5.75 Å². The van der Waals surface area contributed by atoms with Crippen molar-refractivity contribution < 1.29 is 14.3 Å². The van der Waals surface area contributed by atoms with Crippen LogP contribution >= 0.6 is 0 Å². The zero-order chi connectivity index (χ0) is 16.8. The van der Waals surface area contributed by atoms with E-state index in [0.29, 0.717) is 17.1 Å². The molecule has 1 saturated heterocycles. The molecule has 2 heterocycles. The average Bonchev–Trinajstić information content (AvgIpc) is 3.14. The van der Waals surface area contributed by atoms with E-state index in [2.05, 4.69) is 15.6 Å². The quantitative estimate of drug-likeness (QED) is 0.853. The van der Waals surface area contributed by atoms with Gasteiger partial charge in [-0.3, -0.25) is 4.79 Å². The fraction of sp³-hybridized carbons (Fsp3) is 0.333. The molecule has 1 fully saturated rings. The number of aromatic nitrogens is 1. The Morgan fingerprint density at radius 3 is 2.92 bits per heavy atom. The predicted molar refractivity (Wildman–Crippen MR) is 92.6 cm³/mol. The molecule has 126 valence electrons. The van der Waals surface area contributed by atoms with Crippen LogP contribution in [0.2, 0.25) is 0 Å². The molecule has 1 unspecified atom stereocenters. The van der Waals surface area contributed by atoms with Crippen molar-refractivity contribution in [2.45, 2.75) is 18.9 Å². The van der Waals surface area contributed by atoms with Gasteiger partial charge in [-0.1, -0.05) is 12.1 Å². The molecule has 1 atom stereocenters. The van der Waals surface area contributed by atoms with Crippen LogP contribution in [0, 0.1) is 0 Å². The number of hydrogen-bond donors (Lipinski definition) is 2. The Hall–Kier alpha value is -2.60.